The first-order valence-corrected chi connectivity index (χ1v) is 10.8. The standard InChI is InChI=1S/C14H24N5O6PS/c1-8(2)4-9(6-24-26(22,27)23-3)25-10(5-20)19-7-16-11-12(19)17-14(15)18-13(11)21/h7-10,20H,4-6H2,1-3H3,(H,22,27)(H3,15,17,18,21)/t9-,10?,26?/m1/s1. The molecule has 2 aromatic rings. The van der Waals surface area contributed by atoms with Gasteiger partial charge in [0.1, 0.15) is 0 Å². The zero-order valence-corrected chi connectivity index (χ0v) is 16.9. The van der Waals surface area contributed by atoms with E-state index in [9.17, 15) is 14.8 Å². The van der Waals surface area contributed by atoms with E-state index in [1.807, 2.05) is 13.8 Å². The van der Waals surface area contributed by atoms with E-state index in [1.165, 1.54) is 18.0 Å². The summed E-state index contributed by atoms with van der Waals surface area (Å²) in [7, 11) is 1.26. The van der Waals surface area contributed by atoms with E-state index in [1.54, 1.807) is 0 Å². The molecule has 0 saturated carbocycles. The molecule has 11 nitrogen and oxygen atoms in total. The number of nitrogen functional groups attached to an aromatic ring is 1. The largest absolute Gasteiger partial charge is 0.392 e. The molecule has 0 bridgehead atoms. The molecule has 27 heavy (non-hydrogen) atoms. The lowest BCUT2D eigenvalue weighted by Crippen LogP contribution is -2.28. The van der Waals surface area contributed by atoms with Gasteiger partial charge in [0.2, 0.25) is 5.95 Å². The second kappa shape index (κ2) is 9.20. The first kappa shape index (κ1) is 21.9. The van der Waals surface area contributed by atoms with Gasteiger partial charge in [0, 0.05) is 7.11 Å². The van der Waals surface area contributed by atoms with Gasteiger partial charge in [-0.1, -0.05) is 13.8 Å². The van der Waals surface area contributed by atoms with Crippen molar-refractivity contribution in [3.63, 3.8) is 0 Å². The monoisotopic (exact) mass is 421 g/mol. The number of aliphatic hydroxyl groups is 1. The van der Waals surface area contributed by atoms with Gasteiger partial charge in [-0.3, -0.25) is 14.3 Å². The highest BCUT2D eigenvalue weighted by molar-refractivity contribution is 8.07. The maximum absolute atomic E-state index is 11.9. The lowest BCUT2D eigenvalue weighted by atomic mass is 10.1. The second-order valence-electron chi connectivity index (χ2n) is 6.25. The van der Waals surface area contributed by atoms with E-state index in [0.717, 1.165) is 0 Å². The maximum Gasteiger partial charge on any atom is 0.324 e. The lowest BCUT2D eigenvalue weighted by molar-refractivity contribution is -0.0986. The molecule has 0 fully saturated rings. The van der Waals surface area contributed by atoms with Crippen molar-refractivity contribution in [3.05, 3.63) is 16.7 Å². The summed E-state index contributed by atoms with van der Waals surface area (Å²) in [6.45, 7) is 0.203. The van der Waals surface area contributed by atoms with Crippen LogP contribution in [0.1, 0.15) is 26.5 Å². The number of aliphatic hydroxyl groups excluding tert-OH is 1. The minimum Gasteiger partial charge on any atom is -0.392 e. The van der Waals surface area contributed by atoms with Gasteiger partial charge in [-0.15, -0.1) is 0 Å². The van der Waals surface area contributed by atoms with Crippen molar-refractivity contribution in [3.8, 4) is 0 Å². The number of nitrogens with zero attached hydrogens (tertiary/aromatic N) is 3. The molecule has 0 aliphatic rings. The van der Waals surface area contributed by atoms with Crippen LogP contribution < -0.4 is 11.3 Å². The minimum atomic E-state index is -3.34. The Morgan fingerprint density at radius 1 is 1.48 bits per heavy atom. The Morgan fingerprint density at radius 2 is 2.19 bits per heavy atom. The maximum atomic E-state index is 11.9. The number of imidazole rings is 1. The summed E-state index contributed by atoms with van der Waals surface area (Å²) >= 11 is 4.83. The van der Waals surface area contributed by atoms with E-state index in [2.05, 4.69) is 15.0 Å². The fourth-order valence-corrected chi connectivity index (χ4v) is 3.13. The number of nitrogens with one attached hydrogen (secondary N) is 1. The molecule has 0 saturated heterocycles. The number of hydrogen-bond donors (Lipinski definition) is 4. The Hall–Kier alpha value is -1.40. The third kappa shape index (κ3) is 5.79. The molecule has 0 aliphatic carbocycles. The van der Waals surface area contributed by atoms with Gasteiger partial charge < -0.3 is 29.5 Å². The molecule has 2 unspecified atom stereocenters. The molecular formula is C14H24N5O6PS. The Morgan fingerprint density at radius 3 is 2.78 bits per heavy atom. The summed E-state index contributed by atoms with van der Waals surface area (Å²) in [6.07, 6.45) is 0.503. The van der Waals surface area contributed by atoms with Gasteiger partial charge >= 0.3 is 6.72 Å². The van der Waals surface area contributed by atoms with Crippen molar-refractivity contribution in [1.82, 2.24) is 19.5 Å². The molecule has 152 valence electrons. The topological polar surface area (TPSA) is 158 Å². The van der Waals surface area contributed by atoms with Crippen LogP contribution in [0.15, 0.2) is 11.1 Å². The Bertz CT molecular complexity index is 871. The van der Waals surface area contributed by atoms with Crippen molar-refractivity contribution in [1.29, 1.82) is 0 Å². The molecule has 13 heteroatoms. The molecule has 5 N–H and O–H groups in total. The predicted molar refractivity (Wildman–Crippen MR) is 102 cm³/mol. The molecule has 3 atom stereocenters. The van der Waals surface area contributed by atoms with E-state index in [-0.39, 0.29) is 29.6 Å². The number of nitrogens with two attached hydrogens (primary N) is 1. The van der Waals surface area contributed by atoms with Gasteiger partial charge in [-0.05, 0) is 24.1 Å². The number of aromatic nitrogens is 4. The number of rotatable bonds is 10. The zero-order chi connectivity index (χ0) is 20.2. The molecule has 2 aromatic heterocycles. The van der Waals surface area contributed by atoms with Crippen molar-refractivity contribution in [2.24, 2.45) is 5.92 Å². The molecule has 0 radical (unpaired) electrons. The van der Waals surface area contributed by atoms with E-state index in [0.29, 0.717) is 6.42 Å². The molecule has 0 amide bonds. The lowest BCUT2D eigenvalue weighted by Gasteiger charge is -2.26. The highest BCUT2D eigenvalue weighted by Crippen LogP contribution is 2.42. The predicted octanol–water partition coefficient (Wildman–Crippen LogP) is 0.504. The van der Waals surface area contributed by atoms with E-state index >= 15 is 0 Å². The number of aromatic amines is 1. The van der Waals surface area contributed by atoms with Gasteiger partial charge in [-0.2, -0.15) is 4.98 Å². The third-order valence-electron chi connectivity index (χ3n) is 3.66. The number of anilines is 1. The summed E-state index contributed by atoms with van der Waals surface area (Å²) < 4.78 is 17.4. The van der Waals surface area contributed by atoms with Crippen LogP contribution in [0.2, 0.25) is 0 Å². The van der Waals surface area contributed by atoms with Crippen LogP contribution in [0.3, 0.4) is 0 Å². The van der Waals surface area contributed by atoms with Crippen LogP contribution in [-0.4, -0.2) is 55.9 Å². The summed E-state index contributed by atoms with van der Waals surface area (Å²) in [6, 6.07) is 0. The number of H-pyrrole nitrogens is 1. The summed E-state index contributed by atoms with van der Waals surface area (Å²) in [5.41, 5.74) is 5.36. The molecule has 2 rings (SSSR count). The van der Waals surface area contributed by atoms with Crippen LogP contribution in [0.25, 0.3) is 11.2 Å². The van der Waals surface area contributed by atoms with Crippen LogP contribution in [-0.2, 0) is 25.6 Å². The van der Waals surface area contributed by atoms with E-state index < -0.39 is 31.2 Å². The molecule has 2 heterocycles. The van der Waals surface area contributed by atoms with Gasteiger partial charge in [0.25, 0.3) is 5.56 Å². The van der Waals surface area contributed by atoms with Crippen LogP contribution in [0.4, 0.5) is 5.95 Å². The Labute approximate surface area is 160 Å². The fourth-order valence-electron chi connectivity index (χ4n) is 2.49. The van der Waals surface area contributed by atoms with Gasteiger partial charge in [0.15, 0.2) is 17.4 Å². The van der Waals surface area contributed by atoms with Crippen LogP contribution >= 0.6 is 6.72 Å². The summed E-state index contributed by atoms with van der Waals surface area (Å²) in [5.74, 6) is 0.169. The van der Waals surface area contributed by atoms with Crippen molar-refractivity contribution in [2.75, 3.05) is 26.1 Å². The van der Waals surface area contributed by atoms with Crippen molar-refractivity contribution in [2.45, 2.75) is 32.6 Å². The van der Waals surface area contributed by atoms with Crippen molar-refractivity contribution >= 4 is 35.6 Å². The number of ether oxygens (including phenoxy) is 1. The summed E-state index contributed by atoms with van der Waals surface area (Å²) in [5, 5.41) is 9.81. The Balaban J connectivity index is 2.26. The fraction of sp³-hybridized carbons (Fsp3) is 0.643. The van der Waals surface area contributed by atoms with Crippen LogP contribution in [0.5, 0.6) is 0 Å². The SMILES string of the molecule is COP(O)(=S)OC[C@@H](CC(C)C)OC(CO)n1cnc2c(=O)[nH]c(N)nc21. The van der Waals surface area contributed by atoms with E-state index in [4.69, 9.17) is 31.3 Å². The molecule has 0 spiro atoms. The normalized spacial score (nSPS) is 16.5. The van der Waals surface area contributed by atoms with Crippen molar-refractivity contribution < 1.29 is 23.8 Å². The molecule has 0 aromatic carbocycles. The molecule has 0 aliphatic heterocycles. The zero-order valence-electron chi connectivity index (χ0n) is 15.2. The first-order chi connectivity index (χ1) is 12.7. The smallest absolute Gasteiger partial charge is 0.324 e. The summed E-state index contributed by atoms with van der Waals surface area (Å²) in [4.78, 5) is 32.1. The molecular weight excluding hydrogens is 397 g/mol. The first-order valence-electron chi connectivity index (χ1n) is 8.18. The average molecular weight is 421 g/mol. The highest BCUT2D eigenvalue weighted by atomic mass is 32.5. The number of hydrogen-bond acceptors (Lipinski definition) is 9. The van der Waals surface area contributed by atoms with Gasteiger partial charge in [-0.25, -0.2) is 4.98 Å². The van der Waals surface area contributed by atoms with Crippen LogP contribution in [0, 0.1) is 5.92 Å². The Kier molecular flexibility index (Phi) is 7.46. The minimum absolute atomic E-state index is 0.0287. The quantitative estimate of drug-likeness (QED) is 0.398. The third-order valence-corrected chi connectivity index (χ3v) is 5.36. The second-order valence-corrected chi connectivity index (χ2v) is 9.19. The van der Waals surface area contributed by atoms with Gasteiger partial charge in [0.05, 0.1) is 25.6 Å². The average Bonchev–Trinajstić information content (AvgIpc) is 3.01. The highest BCUT2D eigenvalue weighted by Gasteiger charge is 2.24. The number of fused-ring (bicyclic) bond motifs is 1.